The monoisotopic (exact) mass is 911 g/mol. The van der Waals surface area contributed by atoms with Crippen LogP contribution in [0.1, 0.15) is 98.8 Å². The van der Waals surface area contributed by atoms with E-state index < -0.39 is 16.2 Å². The van der Waals surface area contributed by atoms with Crippen LogP contribution < -0.4 is 16.0 Å². The standard InChI is InChI=1S/C16H21Cl2NO2.C14H17Cl2NO2.C10H10Cl3NO2/c1-16(2,9-10-5-3-4-6-10)15(21)19-11-7-8-12(20)14(18)13(11)17;1-14(7-3-2-4-8-14)13(19)17-9-5-6-10(18)12(16)11(9)15;1-10(2,13)9(16)14-5-3-4-6(15)8(12)7(5)11/h7-8,10,20H,3-6,9H2,1-2H3,(H,19,21);5-6,18H,2-4,7-8H2,1H3,(H,17,19);3-4,15H,1-2H3,(H,14,16). The fourth-order valence-electron chi connectivity index (χ4n) is 6.33. The van der Waals surface area contributed by atoms with Gasteiger partial charge >= 0.3 is 0 Å². The van der Waals surface area contributed by atoms with Gasteiger partial charge < -0.3 is 31.3 Å². The zero-order valence-electron chi connectivity index (χ0n) is 31.8. The SMILES string of the molecule is CC(C)(CC1CCCC1)C(=O)Nc1ccc(O)c(Cl)c1Cl.CC(C)(Cl)C(=O)Nc1ccc(O)c(Cl)c1Cl.CC1(C(=O)Nc2ccc(O)c(Cl)c2Cl)CCCCC1. The van der Waals surface area contributed by atoms with E-state index in [9.17, 15) is 29.7 Å². The minimum atomic E-state index is -1.05. The number of amides is 3. The lowest BCUT2D eigenvalue weighted by Crippen LogP contribution is -2.35. The Balaban J connectivity index is 0.000000228. The lowest BCUT2D eigenvalue weighted by Gasteiger charge is -2.32. The van der Waals surface area contributed by atoms with Crippen molar-refractivity contribution in [1.82, 2.24) is 0 Å². The number of nitrogens with one attached hydrogen (secondary N) is 3. The van der Waals surface area contributed by atoms with Crippen LogP contribution in [0.15, 0.2) is 36.4 Å². The number of rotatable bonds is 8. The number of carbonyl (C=O) groups excluding carboxylic acids is 3. The van der Waals surface area contributed by atoms with Gasteiger partial charge in [-0.3, -0.25) is 14.4 Å². The molecule has 2 saturated carbocycles. The molecule has 56 heavy (non-hydrogen) atoms. The van der Waals surface area contributed by atoms with Gasteiger partial charge in [-0.1, -0.05) is 135 Å². The number of hydrogen-bond donors (Lipinski definition) is 6. The molecule has 0 saturated heterocycles. The summed E-state index contributed by atoms with van der Waals surface area (Å²) < 4.78 is 0. The predicted octanol–water partition coefficient (Wildman–Crippen LogP) is 13.5. The van der Waals surface area contributed by atoms with Crippen LogP contribution >= 0.6 is 81.2 Å². The number of phenols is 3. The van der Waals surface area contributed by atoms with Gasteiger partial charge in [-0.15, -0.1) is 11.6 Å². The topological polar surface area (TPSA) is 148 Å². The van der Waals surface area contributed by atoms with Crippen LogP contribution in [0, 0.1) is 16.7 Å². The second-order valence-corrected chi connectivity index (χ2v) is 18.7. The maximum atomic E-state index is 12.5. The van der Waals surface area contributed by atoms with E-state index in [4.69, 9.17) is 81.2 Å². The van der Waals surface area contributed by atoms with E-state index in [0.29, 0.717) is 23.0 Å². The summed E-state index contributed by atoms with van der Waals surface area (Å²) in [5.74, 6) is -0.204. The minimum Gasteiger partial charge on any atom is -0.506 e. The molecule has 3 aromatic carbocycles. The summed E-state index contributed by atoms with van der Waals surface area (Å²) in [6, 6.07) is 8.76. The molecule has 0 aliphatic heterocycles. The van der Waals surface area contributed by atoms with Crippen molar-refractivity contribution in [2.24, 2.45) is 16.7 Å². The van der Waals surface area contributed by atoms with Gasteiger partial charge in [0, 0.05) is 10.8 Å². The molecule has 0 spiro atoms. The van der Waals surface area contributed by atoms with Crippen LogP contribution in [0.25, 0.3) is 0 Å². The molecule has 0 unspecified atom stereocenters. The van der Waals surface area contributed by atoms with Gasteiger partial charge in [-0.05, 0) is 75.4 Å². The van der Waals surface area contributed by atoms with Gasteiger partial charge in [0.1, 0.15) is 37.2 Å². The highest BCUT2D eigenvalue weighted by Gasteiger charge is 2.35. The largest absolute Gasteiger partial charge is 0.506 e. The Morgan fingerprint density at radius 2 is 0.982 bits per heavy atom. The van der Waals surface area contributed by atoms with E-state index in [2.05, 4.69) is 16.0 Å². The van der Waals surface area contributed by atoms with Crippen molar-refractivity contribution >= 4 is 116 Å². The fraction of sp³-hybridized carbons (Fsp3) is 0.475. The number of halogens is 7. The van der Waals surface area contributed by atoms with Crippen molar-refractivity contribution in [3.63, 3.8) is 0 Å². The van der Waals surface area contributed by atoms with Gasteiger partial charge in [0.15, 0.2) is 0 Å². The maximum Gasteiger partial charge on any atom is 0.245 e. The highest BCUT2D eigenvalue weighted by atomic mass is 35.5. The number of hydrogen-bond acceptors (Lipinski definition) is 6. The molecule has 9 nitrogen and oxygen atoms in total. The Morgan fingerprint density at radius 3 is 1.38 bits per heavy atom. The molecule has 2 fully saturated rings. The zero-order valence-corrected chi connectivity index (χ0v) is 37.1. The Morgan fingerprint density at radius 1 is 0.607 bits per heavy atom. The first-order valence-corrected chi connectivity index (χ1v) is 20.8. The third-order valence-electron chi connectivity index (χ3n) is 9.86. The van der Waals surface area contributed by atoms with E-state index in [-0.39, 0.29) is 64.6 Å². The number of carbonyl (C=O) groups is 3. The lowest BCUT2D eigenvalue weighted by atomic mass is 9.75. The summed E-state index contributed by atoms with van der Waals surface area (Å²) in [7, 11) is 0. The fourth-order valence-corrected chi connectivity index (χ4v) is 7.49. The third-order valence-corrected chi connectivity index (χ3v) is 12.7. The molecule has 2 aliphatic rings. The Hall–Kier alpha value is -2.50. The van der Waals surface area contributed by atoms with Crippen molar-refractivity contribution in [3.05, 3.63) is 66.5 Å². The van der Waals surface area contributed by atoms with Crippen molar-refractivity contribution in [2.45, 2.75) is 104 Å². The van der Waals surface area contributed by atoms with Crippen LogP contribution in [0.2, 0.25) is 30.1 Å². The molecular formula is C40H48Cl7N3O6. The summed E-state index contributed by atoms with van der Waals surface area (Å²) >= 11 is 41.2. The molecule has 0 heterocycles. The quantitative estimate of drug-likeness (QED) is 0.0979. The molecule has 2 aliphatic carbocycles. The van der Waals surface area contributed by atoms with Crippen LogP contribution in [-0.4, -0.2) is 37.9 Å². The molecule has 5 rings (SSSR count). The molecule has 16 heteroatoms. The molecule has 0 atom stereocenters. The van der Waals surface area contributed by atoms with Gasteiger partial charge in [-0.25, -0.2) is 0 Å². The molecule has 3 aromatic rings. The second kappa shape index (κ2) is 20.5. The number of phenolic OH excluding ortho intramolecular Hbond substituents is 3. The number of aromatic hydroxyl groups is 3. The first-order valence-electron chi connectivity index (χ1n) is 18.1. The Kier molecular flexibility index (Phi) is 17.5. The average Bonchev–Trinajstić information content (AvgIpc) is 3.65. The summed E-state index contributed by atoms with van der Waals surface area (Å²) in [5, 5.41) is 36.9. The molecule has 3 amide bonds. The molecule has 0 aromatic heterocycles. The summed E-state index contributed by atoms with van der Waals surface area (Å²) in [5.41, 5.74) is 0.391. The first kappa shape index (κ1) is 47.9. The lowest BCUT2D eigenvalue weighted by molar-refractivity contribution is -0.126. The van der Waals surface area contributed by atoms with Crippen LogP contribution in [0.3, 0.4) is 0 Å². The Labute approximate surface area is 363 Å². The van der Waals surface area contributed by atoms with E-state index in [0.717, 1.165) is 32.1 Å². The van der Waals surface area contributed by atoms with Crippen LogP contribution in [-0.2, 0) is 14.4 Å². The smallest absolute Gasteiger partial charge is 0.245 e. The van der Waals surface area contributed by atoms with Crippen LogP contribution in [0.4, 0.5) is 17.1 Å². The zero-order chi connectivity index (χ0) is 42.2. The Bertz CT molecular complexity index is 1890. The van der Waals surface area contributed by atoms with Gasteiger partial charge in [0.25, 0.3) is 0 Å². The van der Waals surface area contributed by atoms with Crippen molar-refractivity contribution in [1.29, 1.82) is 0 Å². The molecule has 0 radical (unpaired) electrons. The molecule has 6 N–H and O–H groups in total. The highest BCUT2D eigenvalue weighted by Crippen LogP contribution is 2.42. The highest BCUT2D eigenvalue weighted by molar-refractivity contribution is 6.46. The van der Waals surface area contributed by atoms with Crippen molar-refractivity contribution < 1.29 is 29.7 Å². The summed E-state index contributed by atoms with van der Waals surface area (Å²) in [6.07, 6.45) is 11.0. The number of benzene rings is 3. The molecule has 0 bridgehead atoms. The van der Waals surface area contributed by atoms with Gasteiger partial charge in [-0.2, -0.15) is 0 Å². The van der Waals surface area contributed by atoms with E-state index in [1.54, 1.807) is 26.0 Å². The summed E-state index contributed by atoms with van der Waals surface area (Å²) in [4.78, 5) is 35.4. The molecule has 308 valence electrons. The van der Waals surface area contributed by atoms with Gasteiger partial charge in [0.05, 0.1) is 32.1 Å². The summed E-state index contributed by atoms with van der Waals surface area (Å²) in [6.45, 7) is 9.00. The van der Waals surface area contributed by atoms with E-state index in [1.807, 2.05) is 20.8 Å². The second-order valence-electron chi connectivity index (χ2n) is 15.5. The van der Waals surface area contributed by atoms with E-state index >= 15 is 0 Å². The number of anilines is 3. The molecular weight excluding hydrogens is 867 g/mol. The average molecular weight is 915 g/mol. The first-order chi connectivity index (χ1) is 26.0. The van der Waals surface area contributed by atoms with Gasteiger partial charge in [0.2, 0.25) is 17.7 Å². The van der Waals surface area contributed by atoms with Crippen molar-refractivity contribution in [3.8, 4) is 17.2 Å². The number of alkyl halides is 1. The maximum absolute atomic E-state index is 12.5. The predicted molar refractivity (Wildman–Crippen MR) is 232 cm³/mol. The van der Waals surface area contributed by atoms with E-state index in [1.165, 1.54) is 56.4 Å². The van der Waals surface area contributed by atoms with Crippen LogP contribution in [0.5, 0.6) is 17.2 Å². The minimum absolute atomic E-state index is 0.00755. The normalized spacial score (nSPS) is 15.4. The third kappa shape index (κ3) is 13.0. The van der Waals surface area contributed by atoms with Crippen molar-refractivity contribution in [2.75, 3.05) is 16.0 Å².